The van der Waals surface area contributed by atoms with Crippen LogP contribution < -0.4 is 15.5 Å². The van der Waals surface area contributed by atoms with Crippen molar-refractivity contribution in [1.82, 2.24) is 9.97 Å². The van der Waals surface area contributed by atoms with Crippen LogP contribution in [0.4, 0.5) is 23.0 Å². The standard InChI is InChI=1S/C19H23N5O/c1-4-11(2)15-19(25)23-16-17(22-15)20-10-21-18(16)24-12(3)9-13-7-5-6-8-14(13)24/h5-8,10-12,15H,4,9H2,1-3H3,(H,23,25)(H,20,21,22). The molecule has 3 atom stereocenters. The number of para-hydroxylation sites is 1. The van der Waals surface area contributed by atoms with Gasteiger partial charge in [0.15, 0.2) is 11.6 Å². The maximum Gasteiger partial charge on any atom is 0.247 e. The first-order valence-corrected chi connectivity index (χ1v) is 8.89. The van der Waals surface area contributed by atoms with E-state index in [4.69, 9.17) is 0 Å². The first kappa shape index (κ1) is 15.9. The van der Waals surface area contributed by atoms with E-state index in [2.05, 4.69) is 64.5 Å². The van der Waals surface area contributed by atoms with E-state index in [1.54, 1.807) is 6.33 Å². The summed E-state index contributed by atoms with van der Waals surface area (Å²) < 4.78 is 0. The lowest BCUT2D eigenvalue weighted by atomic mass is 9.97. The predicted molar refractivity (Wildman–Crippen MR) is 99.3 cm³/mol. The molecule has 6 nitrogen and oxygen atoms in total. The Morgan fingerprint density at radius 2 is 2.12 bits per heavy atom. The zero-order valence-electron chi connectivity index (χ0n) is 14.8. The quantitative estimate of drug-likeness (QED) is 0.899. The summed E-state index contributed by atoms with van der Waals surface area (Å²) in [5, 5.41) is 6.36. The van der Waals surface area contributed by atoms with Gasteiger partial charge in [-0.15, -0.1) is 0 Å². The summed E-state index contributed by atoms with van der Waals surface area (Å²) in [6.45, 7) is 6.33. The minimum atomic E-state index is -0.261. The summed E-state index contributed by atoms with van der Waals surface area (Å²) in [5.41, 5.74) is 3.12. The first-order valence-electron chi connectivity index (χ1n) is 8.89. The molecule has 0 radical (unpaired) electrons. The van der Waals surface area contributed by atoms with Crippen molar-refractivity contribution in [3.05, 3.63) is 36.2 Å². The average molecular weight is 337 g/mol. The molecule has 0 spiro atoms. The van der Waals surface area contributed by atoms with Crippen LogP contribution in [0.15, 0.2) is 30.6 Å². The Kier molecular flexibility index (Phi) is 3.82. The second-order valence-electron chi connectivity index (χ2n) is 6.97. The van der Waals surface area contributed by atoms with Crippen molar-refractivity contribution in [2.24, 2.45) is 5.92 Å². The third-order valence-electron chi connectivity index (χ3n) is 5.30. The van der Waals surface area contributed by atoms with E-state index in [9.17, 15) is 4.79 Å². The van der Waals surface area contributed by atoms with Gasteiger partial charge in [-0.05, 0) is 30.9 Å². The molecule has 25 heavy (non-hydrogen) atoms. The number of nitrogens with one attached hydrogen (secondary N) is 2. The van der Waals surface area contributed by atoms with Crippen molar-refractivity contribution < 1.29 is 4.79 Å². The van der Waals surface area contributed by atoms with E-state index in [0.29, 0.717) is 11.5 Å². The average Bonchev–Trinajstić information content (AvgIpc) is 2.95. The highest BCUT2D eigenvalue weighted by Crippen LogP contribution is 2.43. The van der Waals surface area contributed by atoms with E-state index in [0.717, 1.165) is 24.3 Å². The van der Waals surface area contributed by atoms with Crippen LogP contribution >= 0.6 is 0 Å². The number of aromatic nitrogens is 2. The normalized spacial score (nSPS) is 22.7. The molecule has 4 rings (SSSR count). The number of fused-ring (bicyclic) bond motifs is 2. The Hall–Kier alpha value is -2.63. The van der Waals surface area contributed by atoms with Gasteiger partial charge in [0, 0.05) is 11.7 Å². The van der Waals surface area contributed by atoms with Gasteiger partial charge in [0.1, 0.15) is 18.1 Å². The molecule has 2 aliphatic rings. The lowest BCUT2D eigenvalue weighted by Gasteiger charge is -2.33. The van der Waals surface area contributed by atoms with Crippen LogP contribution in [0.25, 0.3) is 0 Å². The highest BCUT2D eigenvalue weighted by atomic mass is 16.2. The second-order valence-corrected chi connectivity index (χ2v) is 6.97. The van der Waals surface area contributed by atoms with Crippen LogP contribution in [0.2, 0.25) is 0 Å². The van der Waals surface area contributed by atoms with Crippen LogP contribution in [0, 0.1) is 5.92 Å². The Labute approximate surface area is 147 Å². The highest BCUT2D eigenvalue weighted by Gasteiger charge is 2.35. The van der Waals surface area contributed by atoms with Gasteiger partial charge < -0.3 is 15.5 Å². The van der Waals surface area contributed by atoms with Gasteiger partial charge in [0.2, 0.25) is 5.91 Å². The molecule has 1 aromatic heterocycles. The van der Waals surface area contributed by atoms with Crippen molar-refractivity contribution in [2.75, 3.05) is 15.5 Å². The molecule has 1 amide bonds. The van der Waals surface area contributed by atoms with Crippen molar-refractivity contribution >= 4 is 28.9 Å². The van der Waals surface area contributed by atoms with Crippen LogP contribution in [-0.2, 0) is 11.2 Å². The number of carbonyl (C=O) groups excluding carboxylic acids is 1. The fraction of sp³-hybridized carbons (Fsp3) is 0.421. The molecule has 2 N–H and O–H groups in total. The van der Waals surface area contributed by atoms with Crippen LogP contribution in [0.5, 0.6) is 0 Å². The smallest absolute Gasteiger partial charge is 0.247 e. The Morgan fingerprint density at radius 3 is 2.92 bits per heavy atom. The first-order chi connectivity index (χ1) is 12.1. The number of hydrogen-bond donors (Lipinski definition) is 2. The summed E-state index contributed by atoms with van der Waals surface area (Å²) >= 11 is 0. The van der Waals surface area contributed by atoms with Crippen molar-refractivity contribution in [3.8, 4) is 0 Å². The fourth-order valence-corrected chi connectivity index (χ4v) is 3.72. The maximum absolute atomic E-state index is 12.6. The molecule has 0 bridgehead atoms. The third-order valence-corrected chi connectivity index (χ3v) is 5.30. The lowest BCUT2D eigenvalue weighted by molar-refractivity contribution is -0.118. The monoisotopic (exact) mass is 337 g/mol. The molecule has 2 aromatic rings. The molecule has 0 saturated heterocycles. The molecule has 3 unspecified atom stereocenters. The van der Waals surface area contributed by atoms with E-state index in [-0.39, 0.29) is 23.9 Å². The molecular weight excluding hydrogens is 314 g/mol. The number of carbonyl (C=O) groups is 1. The summed E-state index contributed by atoms with van der Waals surface area (Å²) in [6.07, 6.45) is 3.46. The van der Waals surface area contributed by atoms with Gasteiger partial charge in [-0.25, -0.2) is 9.97 Å². The van der Waals surface area contributed by atoms with E-state index in [1.165, 1.54) is 5.56 Å². The van der Waals surface area contributed by atoms with E-state index >= 15 is 0 Å². The van der Waals surface area contributed by atoms with Crippen LogP contribution in [0.1, 0.15) is 32.8 Å². The molecule has 1 aromatic carbocycles. The molecule has 6 heteroatoms. The van der Waals surface area contributed by atoms with Crippen molar-refractivity contribution in [1.29, 1.82) is 0 Å². The summed E-state index contributed by atoms with van der Waals surface area (Å²) in [7, 11) is 0. The molecular formula is C19H23N5O. The van der Waals surface area contributed by atoms with Gasteiger partial charge in [0.05, 0.1) is 0 Å². The zero-order chi connectivity index (χ0) is 17.6. The SMILES string of the molecule is CCC(C)C1Nc2ncnc(N3c4ccccc4CC3C)c2NC1=O. The molecule has 130 valence electrons. The molecule has 0 aliphatic carbocycles. The summed E-state index contributed by atoms with van der Waals surface area (Å²) in [6, 6.07) is 8.37. The van der Waals surface area contributed by atoms with E-state index < -0.39 is 0 Å². The topological polar surface area (TPSA) is 70.2 Å². The maximum atomic E-state index is 12.6. The minimum Gasteiger partial charge on any atom is -0.356 e. The number of hydrogen-bond acceptors (Lipinski definition) is 5. The van der Waals surface area contributed by atoms with Gasteiger partial charge >= 0.3 is 0 Å². The van der Waals surface area contributed by atoms with Gasteiger partial charge in [-0.1, -0.05) is 38.5 Å². The Morgan fingerprint density at radius 1 is 1.32 bits per heavy atom. The van der Waals surface area contributed by atoms with Crippen molar-refractivity contribution in [2.45, 2.75) is 45.7 Å². The second kappa shape index (κ2) is 6.02. The number of nitrogens with zero attached hydrogens (tertiary/aromatic N) is 3. The Balaban J connectivity index is 1.76. The van der Waals surface area contributed by atoms with Gasteiger partial charge in [0.25, 0.3) is 0 Å². The third kappa shape index (κ3) is 2.52. The minimum absolute atomic E-state index is 0.0157. The predicted octanol–water partition coefficient (Wildman–Crippen LogP) is 3.34. The largest absolute Gasteiger partial charge is 0.356 e. The molecule has 0 saturated carbocycles. The van der Waals surface area contributed by atoms with E-state index in [1.807, 2.05) is 6.07 Å². The van der Waals surface area contributed by atoms with Crippen molar-refractivity contribution in [3.63, 3.8) is 0 Å². The molecule has 2 aliphatic heterocycles. The van der Waals surface area contributed by atoms with Crippen LogP contribution in [-0.4, -0.2) is 28.0 Å². The summed E-state index contributed by atoms with van der Waals surface area (Å²) in [5.74, 6) is 1.67. The lowest BCUT2D eigenvalue weighted by Crippen LogP contribution is -2.44. The number of benzene rings is 1. The summed E-state index contributed by atoms with van der Waals surface area (Å²) in [4.78, 5) is 23.7. The number of anilines is 4. The van der Waals surface area contributed by atoms with Gasteiger partial charge in [-0.2, -0.15) is 0 Å². The fourth-order valence-electron chi connectivity index (χ4n) is 3.72. The molecule has 3 heterocycles. The van der Waals surface area contributed by atoms with Crippen LogP contribution in [0.3, 0.4) is 0 Å². The highest BCUT2D eigenvalue weighted by molar-refractivity contribution is 6.05. The zero-order valence-corrected chi connectivity index (χ0v) is 14.8. The number of rotatable bonds is 3. The molecule has 0 fully saturated rings. The number of amides is 1. The van der Waals surface area contributed by atoms with Gasteiger partial charge in [-0.3, -0.25) is 4.79 Å². The Bertz CT molecular complexity index is 821.